The highest BCUT2D eigenvalue weighted by molar-refractivity contribution is 7.89. The number of nitrogens with zero attached hydrogens (tertiary/aromatic N) is 4. The molecular formula is C11H16N4O3S. The molecule has 0 aromatic carbocycles. The normalized spacial score (nSPS) is 21.6. The van der Waals surface area contributed by atoms with Crippen molar-refractivity contribution in [1.29, 1.82) is 0 Å². The van der Waals surface area contributed by atoms with E-state index in [-0.39, 0.29) is 5.03 Å². The summed E-state index contributed by atoms with van der Waals surface area (Å²) in [5, 5.41) is -0.0111. The first-order valence-corrected chi connectivity index (χ1v) is 7.56. The van der Waals surface area contributed by atoms with E-state index in [1.165, 1.54) is 22.9 Å². The van der Waals surface area contributed by atoms with Gasteiger partial charge in [0.15, 0.2) is 5.03 Å². The van der Waals surface area contributed by atoms with Crippen LogP contribution in [0.4, 0.5) is 0 Å². The van der Waals surface area contributed by atoms with Gasteiger partial charge in [-0.1, -0.05) is 6.42 Å². The van der Waals surface area contributed by atoms with Gasteiger partial charge in [-0.25, -0.2) is 18.2 Å². The molecule has 1 atom stereocenters. The lowest BCUT2D eigenvalue weighted by molar-refractivity contribution is 0.329. The molecule has 1 aromatic heterocycles. The zero-order valence-electron chi connectivity index (χ0n) is 10.7. The van der Waals surface area contributed by atoms with Crippen molar-refractivity contribution in [2.75, 3.05) is 6.54 Å². The molecule has 0 amide bonds. The summed E-state index contributed by atoms with van der Waals surface area (Å²) in [6, 6.07) is 0. The summed E-state index contributed by atoms with van der Waals surface area (Å²) >= 11 is 0. The van der Waals surface area contributed by atoms with Gasteiger partial charge in [-0.2, -0.15) is 9.30 Å². The first-order chi connectivity index (χ1) is 9.05. The molecule has 1 aliphatic rings. The fourth-order valence-electron chi connectivity index (χ4n) is 2.18. The molecule has 2 rings (SSSR count). The molecule has 0 bridgehead atoms. The highest BCUT2D eigenvalue weighted by atomic mass is 32.2. The van der Waals surface area contributed by atoms with E-state index in [1.54, 1.807) is 11.6 Å². The number of isocyanates is 1. The SMILES string of the molecule is Cn1cnc(S(=O)(=O)N2CCCCCC2N=C=O)c1. The minimum atomic E-state index is -3.71. The molecule has 1 unspecified atom stereocenters. The second kappa shape index (κ2) is 5.64. The van der Waals surface area contributed by atoms with Crippen molar-refractivity contribution in [3.63, 3.8) is 0 Å². The lowest BCUT2D eigenvalue weighted by atomic mass is 10.2. The van der Waals surface area contributed by atoms with Crippen LogP contribution in [0.1, 0.15) is 25.7 Å². The van der Waals surface area contributed by atoms with Gasteiger partial charge in [0, 0.05) is 19.8 Å². The van der Waals surface area contributed by atoms with Crippen LogP contribution >= 0.6 is 0 Å². The minimum absolute atomic E-state index is 0.0111. The largest absolute Gasteiger partial charge is 0.339 e. The van der Waals surface area contributed by atoms with Gasteiger partial charge in [-0.15, -0.1) is 0 Å². The van der Waals surface area contributed by atoms with Crippen LogP contribution in [0.15, 0.2) is 22.5 Å². The molecule has 7 nitrogen and oxygen atoms in total. The van der Waals surface area contributed by atoms with Crippen LogP contribution in [0.25, 0.3) is 0 Å². The molecule has 2 heterocycles. The van der Waals surface area contributed by atoms with Crippen LogP contribution in [0.5, 0.6) is 0 Å². The Bertz CT molecular complexity index is 589. The second-order valence-electron chi connectivity index (χ2n) is 4.54. The molecule has 19 heavy (non-hydrogen) atoms. The number of hydrogen-bond donors (Lipinski definition) is 0. The Morgan fingerprint density at radius 2 is 2.21 bits per heavy atom. The molecule has 1 aliphatic heterocycles. The summed E-state index contributed by atoms with van der Waals surface area (Å²) in [5.74, 6) is 0. The van der Waals surface area contributed by atoms with E-state index in [0.717, 1.165) is 19.3 Å². The Morgan fingerprint density at radius 1 is 1.42 bits per heavy atom. The number of aryl methyl sites for hydroxylation is 1. The maximum atomic E-state index is 12.5. The lowest BCUT2D eigenvalue weighted by Crippen LogP contribution is -2.39. The average molecular weight is 284 g/mol. The van der Waals surface area contributed by atoms with Gasteiger partial charge in [-0.3, -0.25) is 0 Å². The van der Waals surface area contributed by atoms with Crippen LogP contribution in [-0.2, 0) is 21.9 Å². The fraction of sp³-hybridized carbons (Fsp3) is 0.636. The van der Waals surface area contributed by atoms with E-state index in [1.807, 2.05) is 0 Å². The molecule has 1 fully saturated rings. The van der Waals surface area contributed by atoms with Crippen molar-refractivity contribution < 1.29 is 13.2 Å². The van der Waals surface area contributed by atoms with Gasteiger partial charge in [0.25, 0.3) is 10.0 Å². The van der Waals surface area contributed by atoms with E-state index < -0.39 is 16.2 Å². The maximum absolute atomic E-state index is 12.5. The summed E-state index contributed by atoms with van der Waals surface area (Å²) in [5.41, 5.74) is 0. The van der Waals surface area contributed by atoms with Crippen LogP contribution in [0.2, 0.25) is 0 Å². The van der Waals surface area contributed by atoms with Gasteiger partial charge < -0.3 is 4.57 Å². The molecule has 0 saturated carbocycles. The molecule has 8 heteroatoms. The molecule has 104 valence electrons. The zero-order valence-corrected chi connectivity index (χ0v) is 11.5. The Morgan fingerprint density at radius 3 is 2.84 bits per heavy atom. The summed E-state index contributed by atoms with van der Waals surface area (Å²) < 4.78 is 27.8. The van der Waals surface area contributed by atoms with Crippen LogP contribution in [0.3, 0.4) is 0 Å². The van der Waals surface area contributed by atoms with Crippen molar-refractivity contribution in [2.24, 2.45) is 12.0 Å². The van der Waals surface area contributed by atoms with E-state index in [4.69, 9.17) is 0 Å². The monoisotopic (exact) mass is 284 g/mol. The highest BCUT2D eigenvalue weighted by Gasteiger charge is 2.33. The first kappa shape index (κ1) is 13.9. The van der Waals surface area contributed by atoms with Crippen LogP contribution < -0.4 is 0 Å². The van der Waals surface area contributed by atoms with E-state index in [2.05, 4.69) is 9.98 Å². The minimum Gasteiger partial charge on any atom is -0.339 e. The number of rotatable bonds is 3. The van der Waals surface area contributed by atoms with Crippen molar-refractivity contribution in [2.45, 2.75) is 36.9 Å². The topological polar surface area (TPSA) is 84.6 Å². The number of carbonyl (C=O) groups excluding carboxylic acids is 1. The van der Waals surface area contributed by atoms with Crippen molar-refractivity contribution in [3.8, 4) is 0 Å². The fourth-order valence-corrected chi connectivity index (χ4v) is 3.74. The van der Waals surface area contributed by atoms with Crippen molar-refractivity contribution in [1.82, 2.24) is 13.9 Å². The second-order valence-corrected chi connectivity index (χ2v) is 6.38. The van der Waals surface area contributed by atoms with Crippen molar-refractivity contribution >= 4 is 16.1 Å². The predicted molar refractivity (Wildman–Crippen MR) is 67.5 cm³/mol. The Hall–Kier alpha value is -1.50. The van der Waals surface area contributed by atoms with E-state index in [9.17, 15) is 13.2 Å². The standard InChI is InChI=1S/C11H16N4O3S/c1-14-7-11(12-8-14)19(17,18)15-6-4-2-3-5-10(15)13-9-16/h7-8,10H,2-6H2,1H3. The van der Waals surface area contributed by atoms with Gasteiger partial charge >= 0.3 is 0 Å². The number of sulfonamides is 1. The Kier molecular flexibility index (Phi) is 4.14. The predicted octanol–water partition coefficient (Wildman–Crippen LogP) is 0.647. The third kappa shape index (κ3) is 2.91. The number of imidazole rings is 1. The van der Waals surface area contributed by atoms with E-state index in [0.29, 0.717) is 13.0 Å². The summed E-state index contributed by atoms with van der Waals surface area (Å²) in [6.07, 6.45) is 6.77. The average Bonchev–Trinajstić information content (AvgIpc) is 2.67. The first-order valence-electron chi connectivity index (χ1n) is 6.12. The molecule has 0 radical (unpaired) electrons. The Balaban J connectivity index is 2.37. The maximum Gasteiger partial charge on any atom is 0.263 e. The third-order valence-corrected chi connectivity index (χ3v) is 4.91. The quantitative estimate of drug-likeness (QED) is 0.602. The summed E-state index contributed by atoms with van der Waals surface area (Å²) in [4.78, 5) is 18.0. The van der Waals surface area contributed by atoms with Gasteiger partial charge in [0.05, 0.1) is 6.33 Å². The van der Waals surface area contributed by atoms with Crippen molar-refractivity contribution in [3.05, 3.63) is 12.5 Å². The summed E-state index contributed by atoms with van der Waals surface area (Å²) in [7, 11) is -2.00. The molecule has 1 saturated heterocycles. The van der Waals surface area contributed by atoms with Gasteiger partial charge in [-0.05, 0) is 19.3 Å². The number of hydrogen-bond acceptors (Lipinski definition) is 5. The van der Waals surface area contributed by atoms with Gasteiger partial charge in [0.1, 0.15) is 6.17 Å². The van der Waals surface area contributed by atoms with E-state index >= 15 is 0 Å². The molecular weight excluding hydrogens is 268 g/mol. The smallest absolute Gasteiger partial charge is 0.263 e. The highest BCUT2D eigenvalue weighted by Crippen LogP contribution is 2.24. The molecule has 1 aromatic rings. The lowest BCUT2D eigenvalue weighted by Gasteiger charge is -2.23. The van der Waals surface area contributed by atoms with Crippen LogP contribution in [-0.4, -0.2) is 41.1 Å². The Labute approximate surface area is 112 Å². The molecule has 0 spiro atoms. The third-order valence-electron chi connectivity index (χ3n) is 3.13. The molecule has 0 N–H and O–H groups in total. The number of aromatic nitrogens is 2. The van der Waals surface area contributed by atoms with Crippen LogP contribution in [0, 0.1) is 0 Å². The molecule has 0 aliphatic carbocycles. The number of aliphatic imine (C=N–C) groups is 1. The summed E-state index contributed by atoms with van der Waals surface area (Å²) in [6.45, 7) is 0.356. The van der Waals surface area contributed by atoms with Gasteiger partial charge in [0.2, 0.25) is 6.08 Å². The zero-order chi connectivity index (χ0) is 13.9.